The minimum Gasteiger partial charge on any atom is -0.496 e. The van der Waals surface area contributed by atoms with Gasteiger partial charge < -0.3 is 20.4 Å². The minimum absolute atomic E-state index is 0. The lowest BCUT2D eigenvalue weighted by atomic mass is 10.1. The first kappa shape index (κ1) is 22.0. The number of halogens is 2. The summed E-state index contributed by atoms with van der Waals surface area (Å²) in [6, 6.07) is 10.9. The van der Waals surface area contributed by atoms with Crippen molar-refractivity contribution in [1.29, 1.82) is 0 Å². The number of nitrogens with zero attached hydrogens (tertiary/aromatic N) is 1. The lowest BCUT2D eigenvalue weighted by molar-refractivity contribution is 0.411. The number of aryl methyl sites for hydroxylation is 1. The van der Waals surface area contributed by atoms with Crippen LogP contribution in [0.2, 0.25) is 0 Å². The van der Waals surface area contributed by atoms with Gasteiger partial charge in [0.25, 0.3) is 0 Å². The molecule has 0 unspecified atom stereocenters. The number of nitrogens with one attached hydrogen (secondary N) is 3. The van der Waals surface area contributed by atoms with Crippen LogP contribution in [0.4, 0.5) is 4.39 Å². The molecule has 0 aliphatic carbocycles. The van der Waals surface area contributed by atoms with Gasteiger partial charge in [-0.05, 0) is 54.3 Å². The Kier molecular flexibility index (Phi) is 8.10. The Labute approximate surface area is 181 Å². The molecule has 1 heterocycles. The molecule has 3 aromatic rings. The number of H-pyrrole nitrogens is 1. The number of hydrogen-bond acceptors (Lipinski definition) is 2. The Morgan fingerprint density at radius 2 is 2.00 bits per heavy atom. The monoisotopic (exact) mass is 496 g/mol. The van der Waals surface area contributed by atoms with E-state index >= 15 is 0 Å². The molecule has 0 spiro atoms. The zero-order chi connectivity index (χ0) is 19.2. The van der Waals surface area contributed by atoms with Gasteiger partial charge in [0.15, 0.2) is 5.96 Å². The second-order valence-electron chi connectivity index (χ2n) is 6.41. The number of methoxy groups -OCH3 is 1. The molecule has 28 heavy (non-hydrogen) atoms. The Morgan fingerprint density at radius 3 is 2.71 bits per heavy atom. The van der Waals surface area contributed by atoms with Crippen LogP contribution in [0.1, 0.15) is 16.7 Å². The predicted octanol–water partition coefficient (Wildman–Crippen LogP) is 4.15. The second kappa shape index (κ2) is 10.3. The van der Waals surface area contributed by atoms with Crippen LogP contribution in [0.5, 0.6) is 5.75 Å². The number of aromatic amines is 1. The second-order valence-corrected chi connectivity index (χ2v) is 6.41. The van der Waals surface area contributed by atoms with Crippen molar-refractivity contribution in [2.45, 2.75) is 19.9 Å². The summed E-state index contributed by atoms with van der Waals surface area (Å²) in [7, 11) is 3.42. The highest BCUT2D eigenvalue weighted by atomic mass is 127. The molecule has 0 fully saturated rings. The molecule has 2 aromatic carbocycles. The van der Waals surface area contributed by atoms with Crippen molar-refractivity contribution in [2.24, 2.45) is 4.99 Å². The molecule has 0 aliphatic rings. The molecule has 150 valence electrons. The first-order valence-corrected chi connectivity index (χ1v) is 8.94. The molecule has 0 aliphatic heterocycles. The van der Waals surface area contributed by atoms with Crippen LogP contribution in [-0.2, 0) is 13.0 Å². The maximum atomic E-state index is 13.5. The number of ether oxygens (including phenoxy) is 1. The summed E-state index contributed by atoms with van der Waals surface area (Å²) >= 11 is 0. The van der Waals surface area contributed by atoms with Gasteiger partial charge in [-0.3, -0.25) is 4.99 Å². The SMILES string of the molecule is CN=C(NCCc1c[nH]c2ccc(F)cc12)NCc1ccc(OC)c(C)c1.I. The quantitative estimate of drug-likeness (QED) is 0.273. The van der Waals surface area contributed by atoms with Crippen molar-refractivity contribution in [3.63, 3.8) is 0 Å². The van der Waals surface area contributed by atoms with Crippen LogP contribution >= 0.6 is 24.0 Å². The van der Waals surface area contributed by atoms with Crippen LogP contribution in [0.15, 0.2) is 47.6 Å². The summed E-state index contributed by atoms with van der Waals surface area (Å²) in [6.07, 6.45) is 2.70. The number of fused-ring (bicyclic) bond motifs is 1. The van der Waals surface area contributed by atoms with Crippen LogP contribution in [0, 0.1) is 12.7 Å². The Bertz CT molecular complexity index is 955. The first-order valence-electron chi connectivity index (χ1n) is 8.94. The van der Waals surface area contributed by atoms with Crippen LogP contribution < -0.4 is 15.4 Å². The van der Waals surface area contributed by atoms with E-state index in [0.717, 1.165) is 45.7 Å². The van der Waals surface area contributed by atoms with Crippen molar-refractivity contribution >= 4 is 40.8 Å². The number of benzene rings is 2. The molecule has 0 radical (unpaired) electrons. The molecule has 5 nitrogen and oxygen atoms in total. The fourth-order valence-electron chi connectivity index (χ4n) is 3.13. The summed E-state index contributed by atoms with van der Waals surface area (Å²) in [5.74, 6) is 1.40. The minimum atomic E-state index is -0.219. The maximum absolute atomic E-state index is 13.5. The van der Waals surface area contributed by atoms with Crippen molar-refractivity contribution in [3.05, 3.63) is 65.1 Å². The van der Waals surface area contributed by atoms with Crippen molar-refractivity contribution in [1.82, 2.24) is 15.6 Å². The molecule has 1 aromatic heterocycles. The van der Waals surface area contributed by atoms with Gasteiger partial charge in [0, 0.05) is 37.2 Å². The highest BCUT2D eigenvalue weighted by molar-refractivity contribution is 14.0. The van der Waals surface area contributed by atoms with Gasteiger partial charge in [0.05, 0.1) is 7.11 Å². The summed E-state index contributed by atoms with van der Waals surface area (Å²) in [6.45, 7) is 3.40. The third kappa shape index (κ3) is 5.37. The van der Waals surface area contributed by atoms with Gasteiger partial charge in [0.1, 0.15) is 11.6 Å². The normalized spacial score (nSPS) is 11.2. The van der Waals surface area contributed by atoms with Gasteiger partial charge in [-0.1, -0.05) is 12.1 Å². The average molecular weight is 496 g/mol. The standard InChI is InChI=1S/C21H25FN4O.HI/c1-14-10-15(4-7-20(14)27-3)12-26-21(23-2)24-9-8-16-13-25-19-6-5-17(22)11-18(16)19;/h4-7,10-11,13,25H,8-9,12H2,1-3H3,(H2,23,24,26);1H. The van der Waals surface area contributed by atoms with Crippen LogP contribution in [0.25, 0.3) is 10.9 Å². The first-order chi connectivity index (χ1) is 13.1. The summed E-state index contributed by atoms with van der Waals surface area (Å²) in [4.78, 5) is 7.43. The van der Waals surface area contributed by atoms with Gasteiger partial charge in [-0.25, -0.2) is 4.39 Å². The lowest BCUT2D eigenvalue weighted by Gasteiger charge is -2.13. The van der Waals surface area contributed by atoms with Crippen molar-refractivity contribution in [3.8, 4) is 5.75 Å². The molecular formula is C21H26FIN4O. The Morgan fingerprint density at radius 1 is 1.18 bits per heavy atom. The zero-order valence-electron chi connectivity index (χ0n) is 16.3. The molecule has 3 N–H and O–H groups in total. The third-order valence-corrected chi connectivity index (χ3v) is 4.56. The number of rotatable bonds is 6. The van der Waals surface area contributed by atoms with Gasteiger partial charge in [-0.15, -0.1) is 24.0 Å². The maximum Gasteiger partial charge on any atom is 0.191 e. The number of aromatic nitrogens is 1. The van der Waals surface area contributed by atoms with Gasteiger partial charge >= 0.3 is 0 Å². The van der Waals surface area contributed by atoms with E-state index in [9.17, 15) is 4.39 Å². The van der Waals surface area contributed by atoms with E-state index in [2.05, 4.69) is 26.7 Å². The fourth-order valence-corrected chi connectivity index (χ4v) is 3.13. The van der Waals surface area contributed by atoms with Gasteiger partial charge in [0.2, 0.25) is 0 Å². The highest BCUT2D eigenvalue weighted by Crippen LogP contribution is 2.20. The summed E-state index contributed by atoms with van der Waals surface area (Å²) < 4.78 is 18.8. The molecular weight excluding hydrogens is 470 g/mol. The largest absolute Gasteiger partial charge is 0.496 e. The van der Waals surface area contributed by atoms with Crippen LogP contribution in [0.3, 0.4) is 0 Å². The molecule has 0 bridgehead atoms. The van der Waals surface area contributed by atoms with E-state index in [1.165, 1.54) is 6.07 Å². The number of aliphatic imine (C=N–C) groups is 1. The fraction of sp³-hybridized carbons (Fsp3) is 0.286. The number of hydrogen-bond donors (Lipinski definition) is 3. The van der Waals surface area contributed by atoms with E-state index in [-0.39, 0.29) is 29.8 Å². The number of guanidine groups is 1. The molecule has 7 heteroatoms. The topological polar surface area (TPSA) is 61.4 Å². The van der Waals surface area contributed by atoms with E-state index < -0.39 is 0 Å². The van der Waals surface area contributed by atoms with Gasteiger partial charge in [-0.2, -0.15) is 0 Å². The highest BCUT2D eigenvalue weighted by Gasteiger charge is 2.06. The predicted molar refractivity (Wildman–Crippen MR) is 123 cm³/mol. The average Bonchev–Trinajstić information content (AvgIpc) is 3.06. The van der Waals surface area contributed by atoms with Crippen molar-refractivity contribution < 1.29 is 9.13 Å². The van der Waals surface area contributed by atoms with E-state index in [0.29, 0.717) is 13.1 Å². The van der Waals surface area contributed by atoms with E-state index in [1.807, 2.05) is 25.3 Å². The molecule has 3 rings (SSSR count). The summed E-state index contributed by atoms with van der Waals surface area (Å²) in [5.41, 5.74) is 4.29. The van der Waals surface area contributed by atoms with E-state index in [4.69, 9.17) is 4.74 Å². The molecule has 0 atom stereocenters. The zero-order valence-corrected chi connectivity index (χ0v) is 18.6. The Hall–Kier alpha value is -2.29. The Balaban J connectivity index is 0.00000280. The molecule has 0 saturated heterocycles. The summed E-state index contributed by atoms with van der Waals surface area (Å²) in [5, 5.41) is 7.53. The molecule has 0 saturated carbocycles. The molecule has 0 amide bonds. The van der Waals surface area contributed by atoms with E-state index in [1.54, 1.807) is 26.3 Å². The van der Waals surface area contributed by atoms with Crippen LogP contribution in [-0.4, -0.2) is 31.6 Å². The smallest absolute Gasteiger partial charge is 0.191 e. The third-order valence-electron chi connectivity index (χ3n) is 4.56. The van der Waals surface area contributed by atoms with Crippen molar-refractivity contribution in [2.75, 3.05) is 20.7 Å². The lowest BCUT2D eigenvalue weighted by Crippen LogP contribution is -2.37.